The summed E-state index contributed by atoms with van der Waals surface area (Å²) in [6.45, 7) is 0. The molecule has 0 amide bonds. The van der Waals surface area contributed by atoms with Crippen LogP contribution in [0.3, 0.4) is 0 Å². The van der Waals surface area contributed by atoms with Crippen molar-refractivity contribution in [3.05, 3.63) is 32.6 Å². The molecule has 1 aromatic carbocycles. The highest BCUT2D eigenvalue weighted by Crippen LogP contribution is 2.27. The van der Waals surface area contributed by atoms with Crippen LogP contribution in [-0.4, -0.2) is 20.3 Å². The Hall–Kier alpha value is -1.53. The van der Waals surface area contributed by atoms with Gasteiger partial charge in [0.25, 0.3) is 0 Å². The molecule has 2 rings (SSSR count). The number of nitrogens with one attached hydrogen (secondary N) is 1. The molecule has 0 radical (unpaired) electrons. The number of hydrogen-bond acceptors (Lipinski definition) is 5. The maximum absolute atomic E-state index is 9.49. The molecule has 0 spiro atoms. The number of H-pyrrole nitrogens is 1. The lowest BCUT2D eigenvalue weighted by atomic mass is 10.1. The summed E-state index contributed by atoms with van der Waals surface area (Å²) in [6.07, 6.45) is 0.408. The van der Waals surface area contributed by atoms with Crippen LogP contribution in [0.1, 0.15) is 10.4 Å². The molecule has 0 unspecified atom stereocenters. The van der Waals surface area contributed by atoms with Gasteiger partial charge < -0.3 is 20.3 Å². The molecule has 4 nitrogen and oxygen atoms in total. The van der Waals surface area contributed by atoms with Crippen LogP contribution in [0.25, 0.3) is 0 Å². The number of rotatable bonds is 2. The van der Waals surface area contributed by atoms with Crippen molar-refractivity contribution in [2.45, 2.75) is 6.42 Å². The molecular weight excluding hydrogens is 246 g/mol. The molecule has 84 valence electrons. The van der Waals surface area contributed by atoms with E-state index in [1.54, 1.807) is 0 Å². The van der Waals surface area contributed by atoms with Crippen molar-refractivity contribution in [1.82, 2.24) is 4.98 Å². The number of benzene rings is 1. The van der Waals surface area contributed by atoms with E-state index in [2.05, 4.69) is 4.98 Å². The second-order valence-corrected chi connectivity index (χ2v) is 5.09. The first-order valence-corrected chi connectivity index (χ1v) is 5.70. The van der Waals surface area contributed by atoms with Crippen LogP contribution in [0.2, 0.25) is 0 Å². The lowest BCUT2D eigenvalue weighted by Gasteiger charge is -2.01. The number of phenols is 2. The highest BCUT2D eigenvalue weighted by molar-refractivity contribution is 7.73. The SMILES string of the molecule is Oc1cc(O)cc(Cc2sc(=S)[nH]c2O)c1. The zero-order chi connectivity index (χ0) is 11.7. The third-order valence-corrected chi connectivity index (χ3v) is 3.25. The number of hydrogen-bond donors (Lipinski definition) is 4. The third-order valence-electron chi connectivity index (χ3n) is 2.03. The maximum Gasteiger partial charge on any atom is 0.203 e. The van der Waals surface area contributed by atoms with Crippen molar-refractivity contribution >= 4 is 23.6 Å². The molecule has 0 saturated carbocycles. The molecule has 0 aliphatic rings. The van der Waals surface area contributed by atoms with Crippen LogP contribution in [0.15, 0.2) is 18.2 Å². The molecule has 1 aromatic heterocycles. The number of aromatic amines is 1. The van der Waals surface area contributed by atoms with E-state index >= 15 is 0 Å². The van der Waals surface area contributed by atoms with Crippen LogP contribution in [0.5, 0.6) is 17.4 Å². The van der Waals surface area contributed by atoms with Gasteiger partial charge in [0.1, 0.15) is 11.5 Å². The van der Waals surface area contributed by atoms with Crippen LogP contribution in [0, 0.1) is 3.95 Å². The van der Waals surface area contributed by atoms with Gasteiger partial charge in [0.05, 0.1) is 4.88 Å². The monoisotopic (exact) mass is 255 g/mol. The molecular formula is C10H9NO3S2. The second kappa shape index (κ2) is 4.15. The topological polar surface area (TPSA) is 76.5 Å². The number of aromatic hydroxyl groups is 3. The maximum atomic E-state index is 9.49. The van der Waals surface area contributed by atoms with E-state index < -0.39 is 0 Å². The normalized spacial score (nSPS) is 10.5. The Morgan fingerprint density at radius 1 is 1.12 bits per heavy atom. The van der Waals surface area contributed by atoms with Crippen LogP contribution >= 0.6 is 23.6 Å². The van der Waals surface area contributed by atoms with Gasteiger partial charge in [-0.1, -0.05) is 0 Å². The average molecular weight is 255 g/mol. The van der Waals surface area contributed by atoms with Crippen molar-refractivity contribution in [2.75, 3.05) is 0 Å². The van der Waals surface area contributed by atoms with Crippen molar-refractivity contribution in [2.24, 2.45) is 0 Å². The fraction of sp³-hybridized carbons (Fsp3) is 0.100. The molecule has 2 aromatic rings. The summed E-state index contributed by atoms with van der Waals surface area (Å²) in [5.41, 5.74) is 0.707. The Morgan fingerprint density at radius 3 is 2.25 bits per heavy atom. The van der Waals surface area contributed by atoms with E-state index in [4.69, 9.17) is 12.2 Å². The van der Waals surface area contributed by atoms with Gasteiger partial charge in [0, 0.05) is 12.5 Å². The minimum Gasteiger partial charge on any atom is -0.508 e. The molecule has 0 aliphatic heterocycles. The summed E-state index contributed by atoms with van der Waals surface area (Å²) in [7, 11) is 0. The largest absolute Gasteiger partial charge is 0.508 e. The smallest absolute Gasteiger partial charge is 0.203 e. The van der Waals surface area contributed by atoms with Crippen molar-refractivity contribution < 1.29 is 15.3 Å². The van der Waals surface area contributed by atoms with Gasteiger partial charge in [-0.25, -0.2) is 0 Å². The molecule has 0 fully saturated rings. The standard InChI is InChI=1S/C10H9NO3S2/c12-6-1-5(2-7(13)4-6)3-8-9(14)11-10(15)16-8/h1-2,4,12-14H,3H2,(H,11,15). The van der Waals surface area contributed by atoms with E-state index in [1.165, 1.54) is 29.5 Å². The molecule has 0 saturated heterocycles. The lowest BCUT2D eigenvalue weighted by Crippen LogP contribution is -1.85. The molecule has 0 aliphatic carbocycles. The summed E-state index contributed by atoms with van der Waals surface area (Å²) in [5.74, 6) is 0.0278. The summed E-state index contributed by atoms with van der Waals surface area (Å²) in [4.78, 5) is 3.30. The molecule has 0 atom stereocenters. The quantitative estimate of drug-likeness (QED) is 0.622. The van der Waals surface area contributed by atoms with Crippen molar-refractivity contribution in [1.29, 1.82) is 0 Å². The van der Waals surface area contributed by atoms with Gasteiger partial charge in [-0.2, -0.15) is 0 Å². The molecule has 6 heteroatoms. The summed E-state index contributed by atoms with van der Waals surface area (Å²) in [5, 5.41) is 28.1. The second-order valence-electron chi connectivity index (χ2n) is 3.32. The number of phenolic OH excluding ortho intramolecular Hbond substituents is 2. The Balaban J connectivity index is 2.33. The minimum atomic E-state index is -0.00591. The fourth-order valence-corrected chi connectivity index (χ4v) is 2.57. The minimum absolute atomic E-state index is 0.00591. The van der Waals surface area contributed by atoms with E-state index in [-0.39, 0.29) is 17.4 Å². The Kier molecular flexibility index (Phi) is 2.84. The van der Waals surface area contributed by atoms with Gasteiger partial charge >= 0.3 is 0 Å². The summed E-state index contributed by atoms with van der Waals surface area (Å²) >= 11 is 6.16. The Bertz CT molecular complexity index is 553. The van der Waals surface area contributed by atoms with Gasteiger partial charge in [-0.15, -0.1) is 11.3 Å². The van der Waals surface area contributed by atoms with E-state index in [0.717, 1.165) is 0 Å². The van der Waals surface area contributed by atoms with Gasteiger partial charge in [0.15, 0.2) is 3.95 Å². The molecule has 16 heavy (non-hydrogen) atoms. The Labute approximate surface area is 100 Å². The average Bonchev–Trinajstić information content (AvgIpc) is 2.43. The van der Waals surface area contributed by atoms with Gasteiger partial charge in [-0.05, 0) is 29.9 Å². The first-order chi connectivity index (χ1) is 7.54. The predicted octanol–water partition coefficient (Wildman–Crippen LogP) is 2.51. The van der Waals surface area contributed by atoms with E-state index in [0.29, 0.717) is 20.8 Å². The Morgan fingerprint density at radius 2 is 1.75 bits per heavy atom. The van der Waals surface area contributed by atoms with E-state index in [9.17, 15) is 15.3 Å². The summed E-state index contributed by atoms with van der Waals surface area (Å²) in [6, 6.07) is 4.31. The zero-order valence-electron chi connectivity index (χ0n) is 8.10. The van der Waals surface area contributed by atoms with Crippen molar-refractivity contribution in [3.63, 3.8) is 0 Å². The first-order valence-electron chi connectivity index (χ1n) is 4.47. The molecule has 4 N–H and O–H groups in total. The number of thiazole rings is 1. The fourth-order valence-electron chi connectivity index (χ4n) is 1.42. The van der Waals surface area contributed by atoms with Crippen LogP contribution < -0.4 is 0 Å². The van der Waals surface area contributed by atoms with Crippen molar-refractivity contribution in [3.8, 4) is 17.4 Å². The van der Waals surface area contributed by atoms with Gasteiger partial charge in [0.2, 0.25) is 5.88 Å². The highest BCUT2D eigenvalue weighted by atomic mass is 32.1. The zero-order valence-corrected chi connectivity index (χ0v) is 9.73. The third kappa shape index (κ3) is 2.34. The van der Waals surface area contributed by atoms with Crippen LogP contribution in [-0.2, 0) is 6.42 Å². The van der Waals surface area contributed by atoms with Crippen LogP contribution in [0.4, 0.5) is 0 Å². The first kappa shape index (κ1) is 11.0. The van der Waals surface area contributed by atoms with Gasteiger partial charge in [-0.3, -0.25) is 0 Å². The number of aromatic nitrogens is 1. The molecule has 1 heterocycles. The van der Waals surface area contributed by atoms with E-state index in [1.807, 2.05) is 0 Å². The highest BCUT2D eigenvalue weighted by Gasteiger charge is 2.07. The lowest BCUT2D eigenvalue weighted by molar-refractivity contribution is 0.446. The molecule has 0 bridgehead atoms. The predicted molar refractivity (Wildman–Crippen MR) is 63.7 cm³/mol. The summed E-state index contributed by atoms with van der Waals surface area (Å²) < 4.78 is 0.497.